The van der Waals surface area contributed by atoms with Crippen molar-refractivity contribution in [1.29, 1.82) is 0 Å². The van der Waals surface area contributed by atoms with Gasteiger partial charge in [-0.2, -0.15) is 0 Å². The molecule has 1 aliphatic carbocycles. The molecule has 0 aromatic rings. The quantitative estimate of drug-likeness (QED) is 0.255. The summed E-state index contributed by atoms with van der Waals surface area (Å²) >= 11 is 1.92. The number of morpholine rings is 1. The van der Waals surface area contributed by atoms with Gasteiger partial charge in [-0.3, -0.25) is 9.69 Å². The van der Waals surface area contributed by atoms with Crippen LogP contribution in [0.1, 0.15) is 81.1 Å². The summed E-state index contributed by atoms with van der Waals surface area (Å²) in [5, 5.41) is 0. The zero-order valence-corrected chi connectivity index (χ0v) is 24.4. The molecule has 0 amide bonds. The summed E-state index contributed by atoms with van der Waals surface area (Å²) in [6.07, 6.45) is 18.1. The first kappa shape index (κ1) is 29.9. The molecule has 1 saturated heterocycles. The van der Waals surface area contributed by atoms with Crippen molar-refractivity contribution in [3.63, 3.8) is 0 Å². The van der Waals surface area contributed by atoms with Crippen molar-refractivity contribution in [3.05, 3.63) is 58.1 Å². The lowest BCUT2D eigenvalue weighted by Crippen LogP contribution is -2.55. The summed E-state index contributed by atoms with van der Waals surface area (Å²) in [6, 6.07) is 0. The first-order chi connectivity index (χ1) is 16.6. The Morgan fingerprint density at radius 1 is 1.14 bits per heavy atom. The van der Waals surface area contributed by atoms with Crippen molar-refractivity contribution >= 4 is 17.5 Å². The Morgan fingerprint density at radius 2 is 1.83 bits per heavy atom. The van der Waals surface area contributed by atoms with Crippen molar-refractivity contribution in [3.8, 4) is 0 Å². The first-order valence-corrected chi connectivity index (χ1v) is 14.6. The molecule has 1 heterocycles. The van der Waals surface area contributed by atoms with E-state index in [-0.39, 0.29) is 17.1 Å². The van der Waals surface area contributed by atoms with Crippen LogP contribution in [-0.4, -0.2) is 48.3 Å². The second-order valence-corrected chi connectivity index (χ2v) is 11.7. The number of ether oxygens (including phenoxy) is 1. The van der Waals surface area contributed by atoms with E-state index in [1.54, 1.807) is 0 Å². The topological polar surface area (TPSA) is 29.5 Å². The third kappa shape index (κ3) is 7.57. The van der Waals surface area contributed by atoms with Gasteiger partial charge in [-0.05, 0) is 68.1 Å². The summed E-state index contributed by atoms with van der Waals surface area (Å²) in [7, 11) is 0. The minimum absolute atomic E-state index is 0.144. The van der Waals surface area contributed by atoms with Crippen LogP contribution >= 0.6 is 11.8 Å². The van der Waals surface area contributed by atoms with Gasteiger partial charge in [0.15, 0.2) is 5.78 Å². The number of allylic oxidation sites excluding steroid dienone is 9. The first-order valence-electron chi connectivity index (χ1n) is 13.7. The van der Waals surface area contributed by atoms with Crippen molar-refractivity contribution in [2.75, 3.05) is 32.1 Å². The summed E-state index contributed by atoms with van der Waals surface area (Å²) in [5.41, 5.74) is 3.56. The molecule has 0 aromatic carbocycles. The highest BCUT2D eigenvalue weighted by molar-refractivity contribution is 8.03. The molecule has 2 rings (SSSR count). The molecule has 2 atom stereocenters. The molecule has 2 aliphatic rings. The smallest absolute Gasteiger partial charge is 0.159 e. The molecule has 3 nitrogen and oxygen atoms in total. The summed E-state index contributed by atoms with van der Waals surface area (Å²) in [5.74, 6) is 1.20. The Balaban J connectivity index is 2.41. The van der Waals surface area contributed by atoms with E-state index in [1.165, 1.54) is 21.6 Å². The summed E-state index contributed by atoms with van der Waals surface area (Å²) in [6.45, 7) is 20.5. The molecular formula is C31H49NO2S. The highest BCUT2D eigenvalue weighted by atomic mass is 32.2. The number of Topliss-reactive ketones (excluding diaryl/α,β-unsaturated/α-hetero) is 1. The summed E-state index contributed by atoms with van der Waals surface area (Å²) in [4.78, 5) is 17.2. The third-order valence-electron chi connectivity index (χ3n) is 7.63. The zero-order chi connectivity index (χ0) is 26.1. The van der Waals surface area contributed by atoms with E-state index in [4.69, 9.17) is 4.74 Å². The average molecular weight is 500 g/mol. The maximum absolute atomic E-state index is 13.6. The molecule has 0 bridgehead atoms. The fourth-order valence-corrected chi connectivity index (χ4v) is 5.84. The van der Waals surface area contributed by atoms with Crippen LogP contribution < -0.4 is 0 Å². The number of carbonyl (C=O) groups is 1. The molecule has 0 radical (unpaired) electrons. The Kier molecular flexibility index (Phi) is 11.8. The number of hydrogen-bond acceptors (Lipinski definition) is 4. The van der Waals surface area contributed by atoms with E-state index < -0.39 is 5.54 Å². The van der Waals surface area contributed by atoms with Crippen LogP contribution in [0.2, 0.25) is 0 Å². The van der Waals surface area contributed by atoms with Gasteiger partial charge in [-0.25, -0.2) is 0 Å². The predicted octanol–water partition coefficient (Wildman–Crippen LogP) is 7.91. The van der Waals surface area contributed by atoms with Gasteiger partial charge in [0, 0.05) is 29.3 Å². The van der Waals surface area contributed by atoms with Gasteiger partial charge in [-0.1, -0.05) is 71.9 Å². The van der Waals surface area contributed by atoms with Gasteiger partial charge < -0.3 is 4.74 Å². The van der Waals surface area contributed by atoms with Crippen LogP contribution in [0.4, 0.5) is 0 Å². The monoisotopic (exact) mass is 499 g/mol. The Bertz CT molecular complexity index is 870. The lowest BCUT2D eigenvalue weighted by Gasteiger charge is -2.40. The lowest BCUT2D eigenvalue weighted by atomic mass is 9.72. The van der Waals surface area contributed by atoms with Crippen molar-refractivity contribution < 1.29 is 9.53 Å². The molecule has 1 fully saturated rings. The third-order valence-corrected chi connectivity index (χ3v) is 8.53. The minimum atomic E-state index is -0.490. The molecule has 35 heavy (non-hydrogen) atoms. The maximum atomic E-state index is 13.6. The maximum Gasteiger partial charge on any atom is 0.159 e. The standard InChI is InChI=1S/C31H49NO2S/c1-9-14-25(10-2)27-16-13-15-26(35-12-4)23-28(27)31(8,11-3)18-17-24(5)29(33)30(6,7)32-19-21-34-22-20-32/h14-18,23-24H,9-13,19-22H2,1-8H3/b18-17+,25-14+. The van der Waals surface area contributed by atoms with Gasteiger partial charge in [0.25, 0.3) is 0 Å². The van der Waals surface area contributed by atoms with E-state index in [9.17, 15) is 4.79 Å². The Morgan fingerprint density at radius 3 is 2.40 bits per heavy atom. The zero-order valence-electron chi connectivity index (χ0n) is 23.6. The van der Waals surface area contributed by atoms with Gasteiger partial charge in [0.05, 0.1) is 18.8 Å². The fourth-order valence-electron chi connectivity index (χ4n) is 5.09. The normalized spacial score (nSPS) is 21.1. The minimum Gasteiger partial charge on any atom is -0.379 e. The second-order valence-electron chi connectivity index (χ2n) is 10.4. The van der Waals surface area contributed by atoms with Crippen LogP contribution in [0.25, 0.3) is 0 Å². The number of carbonyl (C=O) groups excluding carboxylic acids is 1. The van der Waals surface area contributed by atoms with E-state index in [0.29, 0.717) is 13.2 Å². The number of thioether (sulfide) groups is 1. The van der Waals surface area contributed by atoms with Crippen LogP contribution in [0.3, 0.4) is 0 Å². The molecular weight excluding hydrogens is 450 g/mol. The van der Waals surface area contributed by atoms with E-state index in [2.05, 4.69) is 96.7 Å². The lowest BCUT2D eigenvalue weighted by molar-refractivity contribution is -0.134. The van der Waals surface area contributed by atoms with Crippen LogP contribution in [0.5, 0.6) is 0 Å². The van der Waals surface area contributed by atoms with Gasteiger partial charge in [0.1, 0.15) is 0 Å². The van der Waals surface area contributed by atoms with E-state index in [1.807, 2.05) is 11.8 Å². The molecule has 0 saturated carbocycles. The van der Waals surface area contributed by atoms with Crippen LogP contribution in [-0.2, 0) is 9.53 Å². The van der Waals surface area contributed by atoms with Crippen molar-refractivity contribution in [1.82, 2.24) is 4.90 Å². The molecule has 0 spiro atoms. The van der Waals surface area contributed by atoms with Crippen molar-refractivity contribution in [2.24, 2.45) is 11.3 Å². The highest BCUT2D eigenvalue weighted by Crippen LogP contribution is 2.44. The molecule has 0 N–H and O–H groups in total. The van der Waals surface area contributed by atoms with Gasteiger partial charge >= 0.3 is 0 Å². The van der Waals surface area contributed by atoms with E-state index >= 15 is 0 Å². The van der Waals surface area contributed by atoms with Gasteiger partial charge in [0.2, 0.25) is 0 Å². The fraction of sp³-hybridized carbons (Fsp3) is 0.645. The number of rotatable bonds is 12. The van der Waals surface area contributed by atoms with Crippen molar-refractivity contribution in [2.45, 2.75) is 86.6 Å². The highest BCUT2D eigenvalue weighted by Gasteiger charge is 2.37. The Hall–Kier alpha value is -1.36. The SMILES string of the molecule is CC/C=C(\CC)C1=CCC=C(SCC)C=C1C(C)(/C=C/C(C)C(=O)C(C)(C)N1CCOCC1)CC. The average Bonchev–Trinajstić information content (AvgIpc) is 3.08. The number of nitrogens with zero attached hydrogens (tertiary/aromatic N) is 1. The largest absolute Gasteiger partial charge is 0.379 e. The molecule has 2 unspecified atom stereocenters. The molecule has 4 heteroatoms. The van der Waals surface area contributed by atoms with E-state index in [0.717, 1.165) is 44.5 Å². The Labute approximate surface area is 219 Å². The molecule has 0 aromatic heterocycles. The second kappa shape index (κ2) is 13.8. The number of hydrogen-bond donors (Lipinski definition) is 0. The molecule has 196 valence electrons. The van der Waals surface area contributed by atoms with Crippen LogP contribution in [0, 0.1) is 11.3 Å². The van der Waals surface area contributed by atoms with Crippen LogP contribution in [0.15, 0.2) is 58.1 Å². The summed E-state index contributed by atoms with van der Waals surface area (Å²) < 4.78 is 5.51. The molecule has 1 aliphatic heterocycles. The predicted molar refractivity (Wildman–Crippen MR) is 154 cm³/mol. The number of ketones is 1. The van der Waals surface area contributed by atoms with Gasteiger partial charge in [-0.15, -0.1) is 11.8 Å².